The number of nitrogens with one attached hydrogen (secondary N) is 2. The van der Waals surface area contributed by atoms with Crippen LogP contribution in [0, 0.1) is 0 Å². The maximum Gasteiger partial charge on any atom is 0.307 e. The number of nitrogens with zero attached hydrogens (tertiary/aromatic N) is 1. The van der Waals surface area contributed by atoms with Crippen molar-refractivity contribution < 1.29 is 14.3 Å². The van der Waals surface area contributed by atoms with Crippen LogP contribution in [0.25, 0.3) is 0 Å². The zero-order valence-electron chi connectivity index (χ0n) is 10.5. The van der Waals surface area contributed by atoms with Gasteiger partial charge >= 0.3 is 5.97 Å². The molecule has 0 saturated heterocycles. The van der Waals surface area contributed by atoms with E-state index >= 15 is 0 Å². The lowest BCUT2D eigenvalue weighted by Crippen LogP contribution is -2.36. The summed E-state index contributed by atoms with van der Waals surface area (Å²) in [6.45, 7) is 1.78. The Morgan fingerprint density at radius 1 is 1.37 bits per heavy atom. The molecule has 19 heavy (non-hydrogen) atoms. The Balaban J connectivity index is 2.43. The molecule has 0 spiro atoms. The molecule has 104 valence electrons. The van der Waals surface area contributed by atoms with E-state index in [0.29, 0.717) is 0 Å². The number of hydrogen-bond acceptors (Lipinski definition) is 5. The maximum absolute atomic E-state index is 11.5. The molecule has 0 aliphatic heterocycles. The average Bonchev–Trinajstić information content (AvgIpc) is 2.34. The van der Waals surface area contributed by atoms with Crippen LogP contribution in [0.15, 0.2) is 21.7 Å². The van der Waals surface area contributed by atoms with Gasteiger partial charge in [0, 0.05) is 18.7 Å². The molecule has 1 aromatic heterocycles. The lowest BCUT2D eigenvalue weighted by molar-refractivity contribution is -0.143. The minimum absolute atomic E-state index is 0.0553. The summed E-state index contributed by atoms with van der Waals surface area (Å²) in [4.78, 5) is 44.8. The third-order valence-corrected chi connectivity index (χ3v) is 2.15. The van der Waals surface area contributed by atoms with Gasteiger partial charge in [-0.25, -0.2) is 4.68 Å². The van der Waals surface area contributed by atoms with Gasteiger partial charge in [-0.1, -0.05) is 0 Å². The van der Waals surface area contributed by atoms with Crippen LogP contribution in [0.3, 0.4) is 0 Å². The zero-order chi connectivity index (χ0) is 14.3. The largest absolute Gasteiger partial charge is 0.466 e. The van der Waals surface area contributed by atoms with Crippen LogP contribution in [0.2, 0.25) is 0 Å². The Morgan fingerprint density at radius 3 is 2.79 bits per heavy atom. The predicted molar refractivity (Wildman–Crippen MR) is 65.6 cm³/mol. The highest BCUT2D eigenvalue weighted by Gasteiger charge is 2.06. The second kappa shape index (κ2) is 7.14. The van der Waals surface area contributed by atoms with Crippen LogP contribution >= 0.6 is 0 Å². The Morgan fingerprint density at radius 2 is 2.11 bits per heavy atom. The molecule has 8 heteroatoms. The van der Waals surface area contributed by atoms with Gasteiger partial charge in [0.15, 0.2) is 0 Å². The molecule has 1 aromatic rings. The number of amides is 1. The molecular formula is C11H15N3O5. The van der Waals surface area contributed by atoms with E-state index in [1.807, 2.05) is 0 Å². The number of hydrogen-bond donors (Lipinski definition) is 2. The summed E-state index contributed by atoms with van der Waals surface area (Å²) >= 11 is 0. The molecule has 1 amide bonds. The molecule has 0 aliphatic carbocycles. The van der Waals surface area contributed by atoms with Crippen molar-refractivity contribution in [1.29, 1.82) is 0 Å². The van der Waals surface area contributed by atoms with Gasteiger partial charge in [-0.05, 0) is 6.92 Å². The summed E-state index contributed by atoms with van der Waals surface area (Å²) in [5, 5.41) is 4.67. The number of aromatic nitrogens is 2. The third-order valence-electron chi connectivity index (χ3n) is 2.15. The molecule has 2 N–H and O–H groups in total. The molecule has 0 fully saturated rings. The van der Waals surface area contributed by atoms with Crippen molar-refractivity contribution in [2.45, 2.75) is 19.9 Å². The Kier molecular flexibility index (Phi) is 5.52. The number of carbonyl (C=O) groups excluding carboxylic acids is 2. The normalized spacial score (nSPS) is 9.95. The van der Waals surface area contributed by atoms with Crippen molar-refractivity contribution in [3.05, 3.63) is 32.8 Å². The minimum Gasteiger partial charge on any atom is -0.466 e. The van der Waals surface area contributed by atoms with E-state index in [4.69, 9.17) is 0 Å². The molecular weight excluding hydrogens is 254 g/mol. The zero-order valence-corrected chi connectivity index (χ0v) is 10.5. The van der Waals surface area contributed by atoms with Crippen molar-refractivity contribution in [1.82, 2.24) is 15.1 Å². The molecule has 0 atom stereocenters. The monoisotopic (exact) mass is 269 g/mol. The van der Waals surface area contributed by atoms with Crippen LogP contribution in [0.1, 0.15) is 13.3 Å². The van der Waals surface area contributed by atoms with Crippen molar-refractivity contribution in [2.75, 3.05) is 13.2 Å². The molecule has 0 bridgehead atoms. The van der Waals surface area contributed by atoms with Gasteiger partial charge in [-0.3, -0.25) is 24.3 Å². The SMILES string of the molecule is CCOC(=O)CCNC(=O)Cn1[nH]c(=O)ccc1=O. The minimum atomic E-state index is -0.486. The van der Waals surface area contributed by atoms with E-state index in [-0.39, 0.29) is 26.1 Å². The van der Waals surface area contributed by atoms with Gasteiger partial charge in [-0.15, -0.1) is 0 Å². The molecule has 1 heterocycles. The van der Waals surface area contributed by atoms with E-state index in [9.17, 15) is 19.2 Å². The lowest BCUT2D eigenvalue weighted by atomic mass is 10.4. The average molecular weight is 269 g/mol. The summed E-state index contributed by atoms with van der Waals surface area (Å²) < 4.78 is 5.57. The number of esters is 1. The van der Waals surface area contributed by atoms with Crippen molar-refractivity contribution in [2.24, 2.45) is 0 Å². The summed E-state index contributed by atoms with van der Waals surface area (Å²) in [5.74, 6) is -0.888. The van der Waals surface area contributed by atoms with Crippen molar-refractivity contribution in [3.63, 3.8) is 0 Å². The van der Waals surface area contributed by atoms with E-state index in [1.54, 1.807) is 6.92 Å². The molecule has 0 unspecified atom stereocenters. The number of H-pyrrole nitrogens is 1. The highest BCUT2D eigenvalue weighted by atomic mass is 16.5. The van der Waals surface area contributed by atoms with Crippen LogP contribution in [0.5, 0.6) is 0 Å². The molecule has 0 saturated carbocycles. The van der Waals surface area contributed by atoms with Gasteiger partial charge in [-0.2, -0.15) is 0 Å². The van der Waals surface area contributed by atoms with E-state index < -0.39 is 23.0 Å². The summed E-state index contributed by atoms with van der Waals surface area (Å²) in [6, 6.07) is 2.15. The van der Waals surface area contributed by atoms with Crippen LogP contribution in [0.4, 0.5) is 0 Å². The Hall–Kier alpha value is -2.38. The van der Waals surface area contributed by atoms with Crippen LogP contribution in [-0.4, -0.2) is 34.8 Å². The first-order chi connectivity index (χ1) is 9.02. The standard InChI is InChI=1S/C11H15N3O5/c1-2-19-11(18)5-6-12-9(16)7-14-10(17)4-3-8(15)13-14/h3-4H,2,5-7H2,1H3,(H,12,16)(H,13,15). The molecule has 8 nitrogen and oxygen atoms in total. The highest BCUT2D eigenvalue weighted by molar-refractivity contribution is 5.76. The second-order valence-electron chi connectivity index (χ2n) is 3.64. The van der Waals surface area contributed by atoms with E-state index in [2.05, 4.69) is 15.2 Å². The lowest BCUT2D eigenvalue weighted by Gasteiger charge is -2.06. The first-order valence-corrected chi connectivity index (χ1v) is 5.75. The van der Waals surface area contributed by atoms with Gasteiger partial charge in [0.1, 0.15) is 6.54 Å². The first-order valence-electron chi connectivity index (χ1n) is 5.75. The van der Waals surface area contributed by atoms with E-state index in [1.165, 1.54) is 0 Å². The number of ether oxygens (including phenoxy) is 1. The van der Waals surface area contributed by atoms with Crippen LogP contribution in [-0.2, 0) is 20.9 Å². The second-order valence-corrected chi connectivity index (χ2v) is 3.64. The van der Waals surface area contributed by atoms with Crippen LogP contribution < -0.4 is 16.4 Å². The van der Waals surface area contributed by atoms with Gasteiger partial charge in [0.25, 0.3) is 11.1 Å². The Bertz CT molecular complexity index is 560. The van der Waals surface area contributed by atoms with Gasteiger partial charge < -0.3 is 10.1 Å². The topological polar surface area (TPSA) is 110 Å². The number of rotatable bonds is 6. The fourth-order valence-corrected chi connectivity index (χ4v) is 1.32. The molecule has 0 aromatic carbocycles. The molecule has 0 radical (unpaired) electrons. The first kappa shape index (κ1) is 14.7. The van der Waals surface area contributed by atoms with Gasteiger partial charge in [0.2, 0.25) is 5.91 Å². The number of carbonyl (C=O) groups is 2. The molecule has 0 aliphatic rings. The van der Waals surface area contributed by atoms with Crippen molar-refractivity contribution in [3.8, 4) is 0 Å². The summed E-state index contributed by atoms with van der Waals surface area (Å²) in [6.07, 6.45) is 0.0553. The predicted octanol–water partition coefficient (Wildman–Crippen LogP) is -1.39. The van der Waals surface area contributed by atoms with E-state index in [0.717, 1.165) is 16.8 Å². The van der Waals surface area contributed by atoms with Gasteiger partial charge in [0.05, 0.1) is 13.0 Å². The fourth-order valence-electron chi connectivity index (χ4n) is 1.32. The summed E-state index contributed by atoms with van der Waals surface area (Å²) in [7, 11) is 0. The third kappa shape index (κ3) is 5.19. The number of aromatic amines is 1. The van der Waals surface area contributed by atoms with Crippen molar-refractivity contribution >= 4 is 11.9 Å². The highest BCUT2D eigenvalue weighted by Crippen LogP contribution is 1.84. The Labute approximate surface area is 108 Å². The molecule has 1 rings (SSSR count). The quantitative estimate of drug-likeness (QED) is 0.617. The smallest absolute Gasteiger partial charge is 0.307 e. The summed E-state index contributed by atoms with van der Waals surface area (Å²) in [5.41, 5.74) is -0.959. The fraction of sp³-hybridized carbons (Fsp3) is 0.455. The maximum atomic E-state index is 11.5.